The van der Waals surface area contributed by atoms with Gasteiger partial charge in [0.05, 0.1) is 12.1 Å². The summed E-state index contributed by atoms with van der Waals surface area (Å²) >= 11 is 0. The quantitative estimate of drug-likeness (QED) is 0.680. The molecule has 1 N–H and O–H groups in total. The number of fused-ring (bicyclic) bond motifs is 2. The summed E-state index contributed by atoms with van der Waals surface area (Å²) in [7, 11) is 0. The molecule has 8 nitrogen and oxygen atoms in total. The van der Waals surface area contributed by atoms with Gasteiger partial charge in [-0.05, 0) is 26.0 Å². The summed E-state index contributed by atoms with van der Waals surface area (Å²) in [6.07, 6.45) is 0. The van der Waals surface area contributed by atoms with Gasteiger partial charge < -0.3 is 28.5 Å². The fraction of sp³-hybridized carbons (Fsp3) is 0.300. The molecule has 146 valence electrons. The number of carbonyl (C=O) groups excluding carboxylic acids is 2. The normalized spacial score (nSPS) is 12.8. The van der Waals surface area contributed by atoms with E-state index in [2.05, 4.69) is 5.32 Å². The molecule has 4 rings (SSSR count). The minimum absolute atomic E-state index is 0.0644. The van der Waals surface area contributed by atoms with Crippen molar-refractivity contribution in [3.63, 3.8) is 0 Å². The monoisotopic (exact) mass is 384 g/mol. The number of furan rings is 1. The number of hydrogen-bond acceptors (Lipinski definition) is 6. The molecule has 1 amide bonds. The zero-order chi connectivity index (χ0) is 19.7. The Bertz CT molecular complexity index is 1050. The maximum atomic E-state index is 12.6. The van der Waals surface area contributed by atoms with Crippen LogP contribution in [0, 0.1) is 6.92 Å². The minimum atomic E-state index is -0.501. The molecule has 0 radical (unpaired) electrons. The zero-order valence-electron chi connectivity index (χ0n) is 15.6. The molecule has 28 heavy (non-hydrogen) atoms. The Morgan fingerprint density at radius 1 is 1.14 bits per heavy atom. The molecule has 0 aliphatic carbocycles. The number of aromatic nitrogens is 1. The van der Waals surface area contributed by atoms with Crippen LogP contribution in [-0.2, 0) is 16.1 Å². The van der Waals surface area contributed by atoms with Gasteiger partial charge in [-0.25, -0.2) is 4.79 Å². The molecule has 1 aliphatic heterocycles. The first-order valence-corrected chi connectivity index (χ1v) is 9.01. The van der Waals surface area contributed by atoms with Crippen LogP contribution in [0.25, 0.3) is 11.1 Å². The van der Waals surface area contributed by atoms with Crippen molar-refractivity contribution >= 4 is 28.7 Å². The number of aryl methyl sites for hydroxylation is 1. The van der Waals surface area contributed by atoms with Gasteiger partial charge in [0, 0.05) is 23.9 Å². The van der Waals surface area contributed by atoms with Crippen LogP contribution in [0.1, 0.15) is 23.2 Å². The summed E-state index contributed by atoms with van der Waals surface area (Å²) < 4.78 is 23.3. The summed E-state index contributed by atoms with van der Waals surface area (Å²) in [5.41, 5.74) is 2.05. The van der Waals surface area contributed by atoms with Crippen LogP contribution in [0.2, 0.25) is 0 Å². The van der Waals surface area contributed by atoms with Crippen molar-refractivity contribution in [2.24, 2.45) is 0 Å². The van der Waals surface area contributed by atoms with Crippen LogP contribution < -0.4 is 14.8 Å². The highest BCUT2D eigenvalue weighted by Gasteiger charge is 2.21. The Labute approximate surface area is 161 Å². The number of nitrogens with one attached hydrogen (secondary N) is 1. The lowest BCUT2D eigenvalue weighted by molar-refractivity contribution is -0.116. The highest BCUT2D eigenvalue weighted by Crippen LogP contribution is 2.32. The number of benzene rings is 1. The molecule has 2 aromatic heterocycles. The van der Waals surface area contributed by atoms with Crippen molar-refractivity contribution in [1.29, 1.82) is 0 Å². The van der Waals surface area contributed by atoms with Crippen molar-refractivity contribution in [2.75, 3.05) is 25.1 Å². The van der Waals surface area contributed by atoms with Gasteiger partial charge in [0.15, 0.2) is 17.1 Å². The molecule has 0 atom stereocenters. The molecule has 0 unspecified atom stereocenters. The van der Waals surface area contributed by atoms with E-state index in [0.717, 1.165) is 0 Å². The van der Waals surface area contributed by atoms with E-state index in [0.29, 0.717) is 47.3 Å². The van der Waals surface area contributed by atoms with Crippen LogP contribution in [0.15, 0.2) is 34.7 Å². The van der Waals surface area contributed by atoms with Crippen LogP contribution >= 0.6 is 0 Å². The molecule has 0 saturated carbocycles. The minimum Gasteiger partial charge on any atom is -0.486 e. The third kappa shape index (κ3) is 3.40. The topological polar surface area (TPSA) is 91.9 Å². The van der Waals surface area contributed by atoms with E-state index in [4.69, 9.17) is 18.6 Å². The largest absolute Gasteiger partial charge is 0.486 e. The Morgan fingerprint density at radius 2 is 1.93 bits per heavy atom. The number of carbonyl (C=O) groups is 2. The second-order valence-electron chi connectivity index (χ2n) is 6.35. The fourth-order valence-corrected chi connectivity index (χ4v) is 3.17. The molecule has 1 aromatic carbocycles. The van der Waals surface area contributed by atoms with Gasteiger partial charge in [0.25, 0.3) is 0 Å². The van der Waals surface area contributed by atoms with Crippen molar-refractivity contribution < 1.29 is 28.2 Å². The van der Waals surface area contributed by atoms with Gasteiger partial charge >= 0.3 is 5.97 Å². The molecule has 0 spiro atoms. The standard InChI is InChI=1S/C20H20N2O6/c1-3-25-20(24)15-10-17-14(8-12(2)28-17)22(15)11-19(23)21-13-4-5-16-18(9-13)27-7-6-26-16/h4-5,8-10H,3,6-7,11H2,1-2H3,(H,21,23). The van der Waals surface area contributed by atoms with Crippen molar-refractivity contribution in [3.05, 3.63) is 41.8 Å². The molecule has 3 heterocycles. The highest BCUT2D eigenvalue weighted by atomic mass is 16.6. The van der Waals surface area contributed by atoms with E-state index in [1.807, 2.05) is 6.92 Å². The molecular weight excluding hydrogens is 364 g/mol. The third-order valence-corrected chi connectivity index (χ3v) is 4.33. The predicted octanol–water partition coefficient (Wildman–Crippen LogP) is 3.13. The first-order chi connectivity index (χ1) is 13.5. The number of hydrogen-bond donors (Lipinski definition) is 1. The van der Waals surface area contributed by atoms with Crippen molar-refractivity contribution in [2.45, 2.75) is 20.4 Å². The van der Waals surface area contributed by atoms with E-state index in [-0.39, 0.29) is 24.8 Å². The van der Waals surface area contributed by atoms with Gasteiger partial charge in [0.2, 0.25) is 5.91 Å². The summed E-state index contributed by atoms with van der Waals surface area (Å²) in [6.45, 7) is 4.69. The molecule has 0 fully saturated rings. The smallest absolute Gasteiger partial charge is 0.355 e. The van der Waals surface area contributed by atoms with E-state index in [1.165, 1.54) is 0 Å². The Hall–Kier alpha value is -3.42. The zero-order valence-corrected chi connectivity index (χ0v) is 15.6. The lowest BCUT2D eigenvalue weighted by atomic mass is 10.2. The van der Waals surface area contributed by atoms with Gasteiger partial charge in [-0.1, -0.05) is 0 Å². The Morgan fingerprint density at radius 3 is 2.71 bits per heavy atom. The van der Waals surface area contributed by atoms with Gasteiger partial charge in [0.1, 0.15) is 31.2 Å². The Balaban J connectivity index is 1.57. The number of ether oxygens (including phenoxy) is 3. The first-order valence-electron chi connectivity index (χ1n) is 9.01. The lowest BCUT2D eigenvalue weighted by Crippen LogP contribution is -2.22. The van der Waals surface area contributed by atoms with Crippen LogP contribution in [0.4, 0.5) is 5.69 Å². The number of esters is 1. The fourth-order valence-electron chi connectivity index (χ4n) is 3.17. The highest BCUT2D eigenvalue weighted by molar-refractivity contribution is 5.97. The summed E-state index contributed by atoms with van der Waals surface area (Å²) in [5.74, 6) is 1.14. The molecule has 1 aliphatic rings. The number of amides is 1. The van der Waals surface area contributed by atoms with Crippen LogP contribution in [-0.4, -0.2) is 36.3 Å². The van der Waals surface area contributed by atoms with E-state index in [1.54, 1.807) is 41.8 Å². The Kier molecular flexibility index (Phi) is 4.68. The SMILES string of the molecule is CCOC(=O)c1cc2oc(C)cc2n1CC(=O)Nc1ccc2c(c1)OCCO2. The van der Waals surface area contributed by atoms with E-state index >= 15 is 0 Å². The molecule has 0 saturated heterocycles. The van der Waals surface area contributed by atoms with Gasteiger partial charge in [-0.2, -0.15) is 0 Å². The summed E-state index contributed by atoms with van der Waals surface area (Å²) in [6, 6.07) is 8.59. The predicted molar refractivity (Wildman–Crippen MR) is 101 cm³/mol. The number of rotatable bonds is 5. The average Bonchev–Trinajstić information content (AvgIpc) is 3.19. The summed E-state index contributed by atoms with van der Waals surface area (Å²) in [4.78, 5) is 24.9. The van der Waals surface area contributed by atoms with Crippen molar-refractivity contribution in [1.82, 2.24) is 4.57 Å². The third-order valence-electron chi connectivity index (χ3n) is 4.33. The van der Waals surface area contributed by atoms with E-state index < -0.39 is 5.97 Å². The second kappa shape index (κ2) is 7.30. The van der Waals surface area contributed by atoms with E-state index in [9.17, 15) is 9.59 Å². The number of nitrogens with zero attached hydrogens (tertiary/aromatic N) is 1. The van der Waals surface area contributed by atoms with Crippen LogP contribution in [0.5, 0.6) is 11.5 Å². The van der Waals surface area contributed by atoms with Gasteiger partial charge in [-0.3, -0.25) is 4.79 Å². The van der Waals surface area contributed by atoms with Gasteiger partial charge in [-0.15, -0.1) is 0 Å². The maximum Gasteiger partial charge on any atom is 0.355 e. The first kappa shape index (κ1) is 18.0. The van der Waals surface area contributed by atoms with Crippen LogP contribution in [0.3, 0.4) is 0 Å². The average molecular weight is 384 g/mol. The maximum absolute atomic E-state index is 12.6. The lowest BCUT2D eigenvalue weighted by Gasteiger charge is -2.19. The molecule has 8 heteroatoms. The summed E-state index contributed by atoms with van der Waals surface area (Å²) in [5, 5.41) is 2.82. The van der Waals surface area contributed by atoms with Crippen molar-refractivity contribution in [3.8, 4) is 11.5 Å². The molecule has 3 aromatic rings. The molecular formula is C20H20N2O6. The molecule has 0 bridgehead atoms. The number of anilines is 1. The second-order valence-corrected chi connectivity index (χ2v) is 6.35.